The van der Waals surface area contributed by atoms with Crippen LogP contribution in [0.25, 0.3) is 6.08 Å². The minimum atomic E-state index is -0.229. The van der Waals surface area contributed by atoms with E-state index in [1.807, 2.05) is 17.5 Å². The van der Waals surface area contributed by atoms with Crippen molar-refractivity contribution in [3.8, 4) is 5.75 Å². The van der Waals surface area contributed by atoms with Gasteiger partial charge in [0.2, 0.25) is 5.89 Å². The van der Waals surface area contributed by atoms with Crippen LogP contribution in [0.5, 0.6) is 5.75 Å². The number of carbonyl (C=O) groups excluding carboxylic acids is 1. The van der Waals surface area contributed by atoms with Crippen molar-refractivity contribution in [1.82, 2.24) is 10.1 Å². The number of thioether (sulfide) groups is 1. The molecule has 0 spiro atoms. The Labute approximate surface area is 199 Å². The number of halogens is 1. The molecule has 1 aromatic carbocycles. The fraction of sp³-hybridized carbons (Fsp3) is 0.273. The number of aromatic nitrogens is 2. The third-order valence-corrected chi connectivity index (χ3v) is 6.51. The van der Waals surface area contributed by atoms with Crippen LogP contribution in [0.1, 0.15) is 30.4 Å². The number of benzene rings is 1. The monoisotopic (exact) mass is 488 g/mol. The average Bonchev–Trinajstić information content (AvgIpc) is 3.48. The highest BCUT2D eigenvalue weighted by atomic mass is 35.5. The van der Waals surface area contributed by atoms with Gasteiger partial charge in [0.25, 0.3) is 5.91 Å². The lowest BCUT2D eigenvalue weighted by molar-refractivity contribution is -0.113. The van der Waals surface area contributed by atoms with Crippen LogP contribution in [0, 0.1) is 5.92 Å². The second-order valence-electron chi connectivity index (χ2n) is 7.39. The number of rotatable bonds is 7. The Kier molecular flexibility index (Phi) is 6.98. The Hall–Kier alpha value is -2.62. The molecule has 0 saturated carbocycles. The molecule has 0 unspecified atom stereocenters. The molecule has 2 aromatic heterocycles. The molecular formula is C22H21ClN4O3S2. The molecule has 4 rings (SSSR count). The van der Waals surface area contributed by atoms with Crippen molar-refractivity contribution < 1.29 is 14.1 Å². The fourth-order valence-electron chi connectivity index (χ4n) is 3.05. The number of ether oxygens (including phenoxy) is 1. The van der Waals surface area contributed by atoms with Crippen molar-refractivity contribution in [2.75, 3.05) is 12.0 Å². The van der Waals surface area contributed by atoms with Crippen molar-refractivity contribution in [3.05, 3.63) is 63.0 Å². The van der Waals surface area contributed by atoms with Gasteiger partial charge in [0.1, 0.15) is 11.4 Å². The van der Waals surface area contributed by atoms with Crippen molar-refractivity contribution in [2.24, 2.45) is 10.9 Å². The quantitative estimate of drug-likeness (QED) is 0.398. The molecule has 166 valence electrons. The summed E-state index contributed by atoms with van der Waals surface area (Å²) < 4.78 is 10.6. The Morgan fingerprint density at radius 3 is 2.88 bits per heavy atom. The van der Waals surface area contributed by atoms with Gasteiger partial charge in [-0.3, -0.25) is 9.69 Å². The van der Waals surface area contributed by atoms with Gasteiger partial charge in [0.05, 0.1) is 23.6 Å². The van der Waals surface area contributed by atoms with Crippen LogP contribution in [0.4, 0.5) is 5.69 Å². The van der Waals surface area contributed by atoms with Gasteiger partial charge in [-0.15, -0.1) is 11.3 Å². The summed E-state index contributed by atoms with van der Waals surface area (Å²) in [6.45, 7) is 4.20. The number of nitrogens with zero attached hydrogens (tertiary/aromatic N) is 4. The van der Waals surface area contributed by atoms with Gasteiger partial charge in [-0.2, -0.15) is 4.98 Å². The fourth-order valence-corrected chi connectivity index (χ4v) is 4.80. The van der Waals surface area contributed by atoms with Crippen molar-refractivity contribution >= 4 is 57.5 Å². The first-order valence-electron chi connectivity index (χ1n) is 9.90. The molecule has 1 aliphatic heterocycles. The summed E-state index contributed by atoms with van der Waals surface area (Å²) in [6.07, 6.45) is 2.53. The second-order valence-corrected chi connectivity index (χ2v) is 9.72. The summed E-state index contributed by atoms with van der Waals surface area (Å²) in [5, 5.41) is 6.91. The molecule has 0 fully saturated rings. The zero-order valence-electron chi connectivity index (χ0n) is 17.7. The number of methoxy groups -OCH3 is 1. The third-order valence-electron chi connectivity index (χ3n) is 4.47. The molecule has 3 aromatic rings. The largest absolute Gasteiger partial charge is 0.495 e. The van der Waals surface area contributed by atoms with Crippen molar-refractivity contribution in [1.29, 1.82) is 0 Å². The van der Waals surface area contributed by atoms with Crippen LogP contribution in [0.2, 0.25) is 5.02 Å². The van der Waals surface area contributed by atoms with Crippen LogP contribution < -0.4 is 9.64 Å². The summed E-state index contributed by atoms with van der Waals surface area (Å²) >= 11 is 9.21. The van der Waals surface area contributed by atoms with E-state index in [-0.39, 0.29) is 5.91 Å². The van der Waals surface area contributed by atoms with Gasteiger partial charge in [0, 0.05) is 11.3 Å². The molecule has 1 aliphatic rings. The summed E-state index contributed by atoms with van der Waals surface area (Å²) in [7, 11) is 1.55. The van der Waals surface area contributed by atoms with Gasteiger partial charge < -0.3 is 9.26 Å². The van der Waals surface area contributed by atoms with Crippen LogP contribution >= 0.6 is 34.7 Å². The molecule has 7 nitrogen and oxygen atoms in total. The molecule has 0 bridgehead atoms. The van der Waals surface area contributed by atoms with Crippen LogP contribution in [0.15, 0.2) is 50.9 Å². The normalized spacial score (nSPS) is 15.2. The van der Waals surface area contributed by atoms with Crippen LogP contribution in [-0.2, 0) is 17.0 Å². The molecule has 0 N–H and O–H groups in total. The van der Waals surface area contributed by atoms with E-state index in [1.54, 1.807) is 47.6 Å². The number of amidine groups is 1. The smallest absolute Gasteiger partial charge is 0.283 e. The van der Waals surface area contributed by atoms with E-state index < -0.39 is 0 Å². The zero-order valence-corrected chi connectivity index (χ0v) is 20.1. The minimum Gasteiger partial charge on any atom is -0.495 e. The molecule has 0 atom stereocenters. The number of hydrogen-bond acceptors (Lipinski definition) is 8. The van der Waals surface area contributed by atoms with E-state index >= 15 is 0 Å². The predicted molar refractivity (Wildman–Crippen MR) is 129 cm³/mol. The average molecular weight is 489 g/mol. The summed E-state index contributed by atoms with van der Waals surface area (Å²) in [5.74, 6) is 2.30. The van der Waals surface area contributed by atoms with Gasteiger partial charge in [0.15, 0.2) is 11.0 Å². The maximum atomic E-state index is 13.3. The number of carbonyl (C=O) groups is 1. The van der Waals surface area contributed by atoms with Crippen LogP contribution in [0.3, 0.4) is 0 Å². The standard InChI is InChI=1S/C22H21ClN4O3S2/c1-13(2)9-19-25-20(30-26-19)12-32-22-24-17(11-15-5-4-8-31-15)21(28)27(22)14-6-7-18(29-3)16(23)10-14/h4-8,10-11,13H,9,12H2,1-3H3/b17-11-. The van der Waals surface area contributed by atoms with E-state index in [1.165, 1.54) is 11.8 Å². The van der Waals surface area contributed by atoms with E-state index in [0.717, 1.165) is 11.3 Å². The third kappa shape index (κ3) is 5.06. The number of thiophene rings is 1. The van der Waals surface area contributed by atoms with E-state index in [0.29, 0.717) is 50.7 Å². The first-order chi connectivity index (χ1) is 15.4. The second kappa shape index (κ2) is 9.89. The first-order valence-corrected chi connectivity index (χ1v) is 12.1. The molecule has 0 aliphatic carbocycles. The molecule has 10 heteroatoms. The van der Waals surface area contributed by atoms with Gasteiger partial charge in [-0.1, -0.05) is 48.4 Å². The highest BCUT2D eigenvalue weighted by molar-refractivity contribution is 8.13. The van der Waals surface area contributed by atoms with Crippen molar-refractivity contribution in [2.45, 2.75) is 26.0 Å². The predicted octanol–water partition coefficient (Wildman–Crippen LogP) is 5.67. The van der Waals surface area contributed by atoms with E-state index in [2.05, 4.69) is 29.0 Å². The SMILES string of the molecule is COc1ccc(N2C(=O)/C(=C/c3cccs3)N=C2SCc2nc(CC(C)C)no2)cc1Cl. The lowest BCUT2D eigenvalue weighted by Gasteiger charge is -2.18. The molecule has 1 amide bonds. The maximum absolute atomic E-state index is 13.3. The highest BCUT2D eigenvalue weighted by Crippen LogP contribution is 2.35. The molecule has 32 heavy (non-hydrogen) atoms. The first kappa shape index (κ1) is 22.6. The summed E-state index contributed by atoms with van der Waals surface area (Å²) in [5.41, 5.74) is 0.959. The Bertz CT molecular complexity index is 1170. The zero-order chi connectivity index (χ0) is 22.7. The molecule has 3 heterocycles. The summed E-state index contributed by atoms with van der Waals surface area (Å²) in [4.78, 5) is 24.8. The van der Waals surface area contributed by atoms with Crippen LogP contribution in [-0.4, -0.2) is 28.3 Å². The molecule has 0 saturated heterocycles. The summed E-state index contributed by atoms with van der Waals surface area (Å²) in [6, 6.07) is 9.07. The lowest BCUT2D eigenvalue weighted by atomic mass is 10.1. The van der Waals surface area contributed by atoms with Gasteiger partial charge in [-0.05, 0) is 41.6 Å². The Morgan fingerprint density at radius 2 is 2.19 bits per heavy atom. The molecule has 0 radical (unpaired) electrons. The Morgan fingerprint density at radius 1 is 1.34 bits per heavy atom. The highest BCUT2D eigenvalue weighted by Gasteiger charge is 2.33. The van der Waals surface area contributed by atoms with Crippen molar-refractivity contribution in [3.63, 3.8) is 0 Å². The minimum absolute atomic E-state index is 0.229. The van der Waals surface area contributed by atoms with Gasteiger partial charge in [-0.25, -0.2) is 4.99 Å². The van der Waals surface area contributed by atoms with E-state index in [9.17, 15) is 4.79 Å². The number of hydrogen-bond donors (Lipinski definition) is 0. The maximum Gasteiger partial charge on any atom is 0.283 e. The van der Waals surface area contributed by atoms with Gasteiger partial charge >= 0.3 is 0 Å². The topological polar surface area (TPSA) is 80.8 Å². The lowest BCUT2D eigenvalue weighted by Crippen LogP contribution is -2.30. The number of amides is 1. The number of anilines is 1. The van der Waals surface area contributed by atoms with E-state index in [4.69, 9.17) is 20.9 Å². The Balaban J connectivity index is 1.61. The molecular weight excluding hydrogens is 468 g/mol. The number of aliphatic imine (C=N–C) groups is 1.